The van der Waals surface area contributed by atoms with Crippen LogP contribution >= 0.6 is 0 Å². The van der Waals surface area contributed by atoms with E-state index < -0.39 is 10.0 Å². The molecular formula is C26H28N2O4S. The molecule has 1 aliphatic heterocycles. The first-order chi connectivity index (χ1) is 15.9. The molecule has 6 nitrogen and oxygen atoms in total. The molecule has 1 N–H and O–H groups in total. The largest absolute Gasteiger partial charge is 0.497 e. The van der Waals surface area contributed by atoms with Gasteiger partial charge in [-0.05, 0) is 46.4 Å². The Morgan fingerprint density at radius 1 is 0.970 bits per heavy atom. The first kappa shape index (κ1) is 23.0. The Balaban J connectivity index is 1.26. The van der Waals surface area contributed by atoms with E-state index >= 15 is 0 Å². The standard InChI is InChI=1S/C26H28N2O4S/c1-32-25-12-11-24-19-28(15-13-23(24)18-25)33(30,31)16-14-27-26(29)17-20-7-9-22(10-8-20)21-5-3-2-4-6-21/h2-12,18H,13-17,19H2,1H3,(H,27,29). The number of carbonyl (C=O) groups is 1. The van der Waals surface area contributed by atoms with Gasteiger partial charge in [0.15, 0.2) is 0 Å². The summed E-state index contributed by atoms with van der Waals surface area (Å²) < 4.78 is 32.3. The monoisotopic (exact) mass is 464 g/mol. The molecule has 0 bridgehead atoms. The predicted octanol–water partition coefficient (Wildman–Crippen LogP) is 3.41. The Morgan fingerprint density at radius 2 is 1.70 bits per heavy atom. The maximum Gasteiger partial charge on any atom is 0.224 e. The van der Waals surface area contributed by atoms with E-state index in [-0.39, 0.29) is 24.6 Å². The minimum absolute atomic E-state index is 0.0925. The summed E-state index contributed by atoms with van der Waals surface area (Å²) in [5.41, 5.74) is 5.21. The van der Waals surface area contributed by atoms with Gasteiger partial charge in [-0.3, -0.25) is 4.79 Å². The van der Waals surface area contributed by atoms with Crippen molar-refractivity contribution in [2.75, 3.05) is 26.0 Å². The van der Waals surface area contributed by atoms with Gasteiger partial charge in [0.05, 0.1) is 19.3 Å². The highest BCUT2D eigenvalue weighted by atomic mass is 32.2. The minimum Gasteiger partial charge on any atom is -0.497 e. The average molecular weight is 465 g/mol. The smallest absolute Gasteiger partial charge is 0.224 e. The number of methoxy groups -OCH3 is 1. The Labute approximate surface area is 195 Å². The number of rotatable bonds is 8. The summed E-state index contributed by atoms with van der Waals surface area (Å²) in [5.74, 6) is 0.480. The van der Waals surface area contributed by atoms with Crippen LogP contribution in [0.25, 0.3) is 11.1 Å². The molecule has 33 heavy (non-hydrogen) atoms. The Hall–Kier alpha value is -3.16. The Kier molecular flexibility index (Phi) is 7.11. The zero-order valence-electron chi connectivity index (χ0n) is 18.7. The van der Waals surface area contributed by atoms with Crippen molar-refractivity contribution in [2.45, 2.75) is 19.4 Å². The molecule has 0 aromatic heterocycles. The highest BCUT2D eigenvalue weighted by Gasteiger charge is 2.26. The molecule has 0 saturated heterocycles. The summed E-state index contributed by atoms with van der Waals surface area (Å²) in [7, 11) is -1.84. The van der Waals surface area contributed by atoms with E-state index in [0.717, 1.165) is 33.6 Å². The van der Waals surface area contributed by atoms with Crippen LogP contribution in [0.1, 0.15) is 16.7 Å². The van der Waals surface area contributed by atoms with Crippen molar-refractivity contribution in [1.82, 2.24) is 9.62 Å². The van der Waals surface area contributed by atoms with Gasteiger partial charge in [0.25, 0.3) is 0 Å². The lowest BCUT2D eigenvalue weighted by molar-refractivity contribution is -0.120. The van der Waals surface area contributed by atoms with Gasteiger partial charge >= 0.3 is 0 Å². The Morgan fingerprint density at radius 3 is 2.42 bits per heavy atom. The van der Waals surface area contributed by atoms with Crippen LogP contribution in [0.2, 0.25) is 0 Å². The average Bonchev–Trinajstić information content (AvgIpc) is 2.84. The number of sulfonamides is 1. The third-order valence-electron chi connectivity index (χ3n) is 5.89. The number of benzene rings is 3. The molecule has 1 heterocycles. The Bertz CT molecular complexity index is 1210. The maximum absolute atomic E-state index is 12.8. The van der Waals surface area contributed by atoms with Crippen molar-refractivity contribution in [1.29, 1.82) is 0 Å². The third-order valence-corrected chi connectivity index (χ3v) is 7.71. The van der Waals surface area contributed by atoms with Crippen LogP contribution in [0.3, 0.4) is 0 Å². The molecule has 0 unspecified atom stereocenters. The molecule has 1 amide bonds. The van der Waals surface area contributed by atoms with Crippen LogP contribution in [0, 0.1) is 0 Å². The van der Waals surface area contributed by atoms with Crippen LogP contribution in [0.5, 0.6) is 5.75 Å². The number of fused-ring (bicyclic) bond motifs is 1. The molecule has 3 aromatic rings. The predicted molar refractivity (Wildman–Crippen MR) is 129 cm³/mol. The number of hydrogen-bond acceptors (Lipinski definition) is 4. The summed E-state index contributed by atoms with van der Waals surface area (Å²) in [6.45, 7) is 0.878. The first-order valence-corrected chi connectivity index (χ1v) is 12.6. The van der Waals surface area contributed by atoms with Crippen LogP contribution in [-0.4, -0.2) is 44.6 Å². The number of nitrogens with one attached hydrogen (secondary N) is 1. The van der Waals surface area contributed by atoms with Crippen molar-refractivity contribution < 1.29 is 17.9 Å². The second-order valence-electron chi connectivity index (χ2n) is 8.12. The van der Waals surface area contributed by atoms with E-state index in [1.165, 1.54) is 4.31 Å². The zero-order valence-corrected chi connectivity index (χ0v) is 19.5. The van der Waals surface area contributed by atoms with Crippen molar-refractivity contribution >= 4 is 15.9 Å². The second kappa shape index (κ2) is 10.2. The topological polar surface area (TPSA) is 75.7 Å². The van der Waals surface area contributed by atoms with E-state index in [1.54, 1.807) is 7.11 Å². The fraction of sp³-hybridized carbons (Fsp3) is 0.269. The van der Waals surface area contributed by atoms with Gasteiger partial charge in [0.1, 0.15) is 5.75 Å². The summed E-state index contributed by atoms with van der Waals surface area (Å²) in [6.07, 6.45) is 0.866. The lowest BCUT2D eigenvalue weighted by Crippen LogP contribution is -2.40. The van der Waals surface area contributed by atoms with Crippen LogP contribution in [0.4, 0.5) is 0 Å². The zero-order chi connectivity index (χ0) is 23.3. The molecule has 172 valence electrons. The van der Waals surface area contributed by atoms with Gasteiger partial charge in [-0.2, -0.15) is 4.31 Å². The first-order valence-electron chi connectivity index (χ1n) is 11.0. The molecule has 0 aliphatic carbocycles. The SMILES string of the molecule is COc1ccc2c(c1)CCN(S(=O)(=O)CCNC(=O)Cc1ccc(-c3ccccc3)cc1)C2. The van der Waals surface area contributed by atoms with Gasteiger partial charge < -0.3 is 10.1 Å². The summed E-state index contributed by atoms with van der Waals surface area (Å²) in [5, 5.41) is 2.75. The second-order valence-corrected chi connectivity index (χ2v) is 10.2. The van der Waals surface area contributed by atoms with E-state index in [4.69, 9.17) is 4.74 Å². The lowest BCUT2D eigenvalue weighted by atomic mass is 10.0. The fourth-order valence-electron chi connectivity index (χ4n) is 4.01. The molecule has 1 aliphatic rings. The van der Waals surface area contributed by atoms with Crippen molar-refractivity contribution in [2.24, 2.45) is 0 Å². The maximum atomic E-state index is 12.8. The summed E-state index contributed by atoms with van der Waals surface area (Å²) in [4.78, 5) is 12.3. The highest BCUT2D eigenvalue weighted by Crippen LogP contribution is 2.25. The van der Waals surface area contributed by atoms with Crippen LogP contribution < -0.4 is 10.1 Å². The summed E-state index contributed by atoms with van der Waals surface area (Å²) >= 11 is 0. The lowest BCUT2D eigenvalue weighted by Gasteiger charge is -2.28. The van der Waals surface area contributed by atoms with Gasteiger partial charge in [-0.1, -0.05) is 60.7 Å². The van der Waals surface area contributed by atoms with Gasteiger partial charge in [0, 0.05) is 19.6 Å². The van der Waals surface area contributed by atoms with E-state index in [0.29, 0.717) is 19.5 Å². The number of nitrogens with zero attached hydrogens (tertiary/aromatic N) is 1. The molecule has 0 saturated carbocycles. The van der Waals surface area contributed by atoms with Crippen molar-refractivity contribution in [3.05, 3.63) is 89.5 Å². The molecule has 4 rings (SSSR count). The number of amides is 1. The van der Waals surface area contributed by atoms with Gasteiger partial charge in [0.2, 0.25) is 15.9 Å². The molecule has 0 spiro atoms. The number of hydrogen-bond donors (Lipinski definition) is 1. The molecule has 0 atom stereocenters. The quantitative estimate of drug-likeness (QED) is 0.554. The molecule has 3 aromatic carbocycles. The molecular weight excluding hydrogens is 436 g/mol. The van der Waals surface area contributed by atoms with Crippen molar-refractivity contribution in [3.8, 4) is 16.9 Å². The van der Waals surface area contributed by atoms with E-state index in [2.05, 4.69) is 5.32 Å². The minimum atomic E-state index is -3.46. The molecule has 0 radical (unpaired) electrons. The summed E-state index contributed by atoms with van der Waals surface area (Å²) in [6, 6.07) is 23.6. The normalized spacial score (nSPS) is 13.8. The van der Waals surface area contributed by atoms with Crippen LogP contribution in [-0.2, 0) is 34.2 Å². The van der Waals surface area contributed by atoms with Crippen LogP contribution in [0.15, 0.2) is 72.8 Å². The number of carbonyl (C=O) groups excluding carboxylic acids is 1. The van der Waals surface area contributed by atoms with Crippen molar-refractivity contribution in [3.63, 3.8) is 0 Å². The molecule has 0 fully saturated rings. The highest BCUT2D eigenvalue weighted by molar-refractivity contribution is 7.89. The van der Waals surface area contributed by atoms with Gasteiger partial charge in [-0.25, -0.2) is 8.42 Å². The van der Waals surface area contributed by atoms with E-state index in [1.807, 2.05) is 72.8 Å². The van der Waals surface area contributed by atoms with Gasteiger partial charge in [-0.15, -0.1) is 0 Å². The van der Waals surface area contributed by atoms with E-state index in [9.17, 15) is 13.2 Å². The number of ether oxygens (including phenoxy) is 1. The molecule has 7 heteroatoms. The fourth-order valence-corrected chi connectivity index (χ4v) is 5.33. The third kappa shape index (κ3) is 5.80.